The van der Waals surface area contributed by atoms with Crippen molar-refractivity contribution in [2.75, 3.05) is 7.11 Å². The molecule has 0 aliphatic carbocycles. The van der Waals surface area contributed by atoms with Gasteiger partial charge >= 0.3 is 5.97 Å². The first kappa shape index (κ1) is 17.5. The summed E-state index contributed by atoms with van der Waals surface area (Å²) in [4.78, 5) is 11.4. The van der Waals surface area contributed by atoms with Crippen LogP contribution in [0.3, 0.4) is 0 Å². The van der Waals surface area contributed by atoms with Crippen molar-refractivity contribution >= 4 is 5.97 Å². The van der Waals surface area contributed by atoms with Crippen molar-refractivity contribution < 1.29 is 9.53 Å². The molecule has 0 aliphatic heterocycles. The first-order valence-electron chi connectivity index (χ1n) is 7.48. The van der Waals surface area contributed by atoms with Crippen LogP contribution in [-0.2, 0) is 9.53 Å². The Morgan fingerprint density at radius 3 is 1.94 bits per heavy atom. The number of hydrogen-bond acceptors (Lipinski definition) is 2. The molecule has 0 radical (unpaired) electrons. The van der Waals surface area contributed by atoms with E-state index in [0.29, 0.717) is 5.92 Å². The van der Waals surface area contributed by atoms with Crippen LogP contribution < -0.4 is 0 Å². The highest BCUT2D eigenvalue weighted by Gasteiger charge is 2.19. The van der Waals surface area contributed by atoms with Crippen molar-refractivity contribution in [3.8, 4) is 0 Å². The molecule has 4 atom stereocenters. The van der Waals surface area contributed by atoms with Gasteiger partial charge in [0.25, 0.3) is 0 Å². The summed E-state index contributed by atoms with van der Waals surface area (Å²) in [6, 6.07) is 0. The molecule has 0 aromatic rings. The fraction of sp³-hybridized carbons (Fsp3) is 0.938. The highest BCUT2D eigenvalue weighted by atomic mass is 16.5. The average molecular weight is 256 g/mol. The van der Waals surface area contributed by atoms with Crippen LogP contribution in [0.15, 0.2) is 0 Å². The minimum atomic E-state index is -0.0751. The molecule has 0 aromatic heterocycles. The number of carbonyl (C=O) groups excluding carboxylic acids is 1. The summed E-state index contributed by atoms with van der Waals surface area (Å²) in [6.07, 6.45) is 6.08. The van der Waals surface area contributed by atoms with Gasteiger partial charge in [0.05, 0.1) is 13.0 Å². The van der Waals surface area contributed by atoms with E-state index in [0.717, 1.165) is 18.3 Å². The zero-order chi connectivity index (χ0) is 14.1. The zero-order valence-electron chi connectivity index (χ0n) is 13.2. The van der Waals surface area contributed by atoms with E-state index in [1.165, 1.54) is 32.8 Å². The summed E-state index contributed by atoms with van der Waals surface area (Å²) in [6.45, 7) is 11.2. The Hall–Kier alpha value is -0.530. The van der Waals surface area contributed by atoms with Crippen molar-refractivity contribution in [2.45, 2.75) is 66.7 Å². The molecule has 0 heterocycles. The Morgan fingerprint density at radius 2 is 1.44 bits per heavy atom. The molecule has 0 aromatic carbocycles. The third-order valence-corrected chi connectivity index (χ3v) is 3.75. The van der Waals surface area contributed by atoms with Crippen molar-refractivity contribution in [3.63, 3.8) is 0 Å². The predicted octanol–water partition coefficient (Wildman–Crippen LogP) is 4.67. The molecule has 0 fully saturated rings. The van der Waals surface area contributed by atoms with Crippen LogP contribution in [0.2, 0.25) is 0 Å². The number of ether oxygens (including phenoxy) is 1. The predicted molar refractivity (Wildman–Crippen MR) is 77.4 cm³/mol. The van der Waals surface area contributed by atoms with Gasteiger partial charge in [0, 0.05) is 0 Å². The van der Waals surface area contributed by atoms with E-state index in [9.17, 15) is 4.79 Å². The minimum Gasteiger partial charge on any atom is -0.469 e. The zero-order valence-corrected chi connectivity index (χ0v) is 13.2. The quantitative estimate of drug-likeness (QED) is 0.560. The fourth-order valence-electron chi connectivity index (χ4n) is 3.08. The van der Waals surface area contributed by atoms with Crippen LogP contribution in [0.25, 0.3) is 0 Å². The van der Waals surface area contributed by atoms with E-state index < -0.39 is 0 Å². The lowest BCUT2D eigenvalue weighted by molar-refractivity contribution is -0.145. The number of rotatable bonds is 9. The van der Waals surface area contributed by atoms with Crippen molar-refractivity contribution in [3.05, 3.63) is 0 Å². The molecule has 0 spiro atoms. The lowest BCUT2D eigenvalue weighted by atomic mass is 9.84. The Morgan fingerprint density at radius 1 is 0.944 bits per heavy atom. The van der Waals surface area contributed by atoms with Gasteiger partial charge in [-0.25, -0.2) is 0 Å². The smallest absolute Gasteiger partial charge is 0.308 e. The highest BCUT2D eigenvalue weighted by Crippen LogP contribution is 2.25. The molecule has 2 heteroatoms. The summed E-state index contributed by atoms with van der Waals surface area (Å²) >= 11 is 0. The molecule has 108 valence electrons. The van der Waals surface area contributed by atoms with Gasteiger partial charge in [-0.15, -0.1) is 0 Å². The molecule has 2 nitrogen and oxygen atoms in total. The number of hydrogen-bond donors (Lipinski definition) is 0. The molecule has 0 rings (SSSR count). The van der Waals surface area contributed by atoms with Gasteiger partial charge in [0.1, 0.15) is 0 Å². The van der Waals surface area contributed by atoms with E-state index in [4.69, 9.17) is 4.74 Å². The van der Waals surface area contributed by atoms with Crippen LogP contribution in [-0.4, -0.2) is 13.1 Å². The highest BCUT2D eigenvalue weighted by molar-refractivity contribution is 5.71. The number of esters is 1. The lowest BCUT2D eigenvalue weighted by Crippen LogP contribution is -2.17. The maximum Gasteiger partial charge on any atom is 0.308 e. The summed E-state index contributed by atoms with van der Waals surface area (Å²) in [5, 5.41) is 0. The van der Waals surface area contributed by atoms with Gasteiger partial charge in [-0.3, -0.25) is 4.79 Å². The first-order valence-corrected chi connectivity index (χ1v) is 7.48. The molecule has 0 aliphatic rings. The molecule has 1 unspecified atom stereocenters. The molecule has 0 bridgehead atoms. The topological polar surface area (TPSA) is 26.3 Å². The van der Waals surface area contributed by atoms with Crippen LogP contribution in [0, 0.1) is 23.7 Å². The summed E-state index contributed by atoms with van der Waals surface area (Å²) in [5.74, 6) is 2.14. The van der Waals surface area contributed by atoms with Gasteiger partial charge < -0.3 is 4.74 Å². The van der Waals surface area contributed by atoms with E-state index in [1.807, 2.05) is 6.92 Å². The molecular weight excluding hydrogens is 224 g/mol. The second kappa shape index (κ2) is 9.41. The Bertz CT molecular complexity index is 225. The molecule has 0 saturated carbocycles. The monoisotopic (exact) mass is 256 g/mol. The fourth-order valence-corrected chi connectivity index (χ4v) is 3.08. The largest absolute Gasteiger partial charge is 0.469 e. The third kappa shape index (κ3) is 7.73. The second-order valence-corrected chi connectivity index (χ2v) is 6.24. The minimum absolute atomic E-state index is 0.0327. The maximum atomic E-state index is 11.4. The van der Waals surface area contributed by atoms with E-state index >= 15 is 0 Å². The van der Waals surface area contributed by atoms with Gasteiger partial charge in [0.15, 0.2) is 0 Å². The SMILES string of the molecule is CCCC(C)C[C@H](C)C[C@H](C)C[C@@H](C)C(=O)OC. The first-order chi connectivity index (χ1) is 8.40. The standard InChI is InChI=1S/C16H32O2/c1-7-8-12(2)9-13(3)10-14(4)11-15(5)16(17)18-6/h12-15H,7-11H2,1-6H3/t12?,13-,14-,15+/m0/s1. The van der Waals surface area contributed by atoms with Crippen LogP contribution >= 0.6 is 0 Å². The normalized spacial score (nSPS) is 17.9. The Labute approximate surface area is 113 Å². The summed E-state index contributed by atoms with van der Waals surface area (Å²) < 4.78 is 4.78. The molecule has 0 saturated heterocycles. The molecule has 18 heavy (non-hydrogen) atoms. The van der Waals surface area contributed by atoms with E-state index in [-0.39, 0.29) is 11.9 Å². The number of methoxy groups -OCH3 is 1. The van der Waals surface area contributed by atoms with Crippen molar-refractivity contribution in [1.82, 2.24) is 0 Å². The Kier molecular flexibility index (Phi) is 9.13. The average Bonchev–Trinajstić information content (AvgIpc) is 2.27. The molecule has 0 N–H and O–H groups in total. The van der Waals surface area contributed by atoms with E-state index in [1.54, 1.807) is 0 Å². The summed E-state index contributed by atoms with van der Waals surface area (Å²) in [5.41, 5.74) is 0. The van der Waals surface area contributed by atoms with Gasteiger partial charge in [-0.05, 0) is 37.0 Å². The van der Waals surface area contributed by atoms with Gasteiger partial charge in [0.2, 0.25) is 0 Å². The van der Waals surface area contributed by atoms with Gasteiger partial charge in [-0.2, -0.15) is 0 Å². The maximum absolute atomic E-state index is 11.4. The second-order valence-electron chi connectivity index (χ2n) is 6.24. The van der Waals surface area contributed by atoms with Crippen LogP contribution in [0.1, 0.15) is 66.7 Å². The third-order valence-electron chi connectivity index (χ3n) is 3.75. The van der Waals surface area contributed by atoms with Crippen molar-refractivity contribution in [2.24, 2.45) is 23.7 Å². The number of carbonyl (C=O) groups is 1. The Balaban J connectivity index is 3.92. The van der Waals surface area contributed by atoms with Crippen molar-refractivity contribution in [1.29, 1.82) is 0 Å². The molecular formula is C16H32O2. The summed E-state index contributed by atoms with van der Waals surface area (Å²) in [7, 11) is 1.47. The van der Waals surface area contributed by atoms with Crippen LogP contribution in [0.4, 0.5) is 0 Å². The lowest BCUT2D eigenvalue weighted by Gasteiger charge is -2.22. The van der Waals surface area contributed by atoms with Crippen LogP contribution in [0.5, 0.6) is 0 Å². The van der Waals surface area contributed by atoms with E-state index in [2.05, 4.69) is 27.7 Å². The van der Waals surface area contributed by atoms with Gasteiger partial charge in [-0.1, -0.05) is 47.5 Å². The molecule has 0 amide bonds.